The van der Waals surface area contributed by atoms with Gasteiger partial charge in [-0.1, -0.05) is 18.2 Å². The average Bonchev–Trinajstić information content (AvgIpc) is 3.34. The van der Waals surface area contributed by atoms with Gasteiger partial charge in [-0.2, -0.15) is 13.2 Å². The van der Waals surface area contributed by atoms with Gasteiger partial charge >= 0.3 is 6.18 Å². The van der Waals surface area contributed by atoms with E-state index in [1.807, 2.05) is 0 Å². The predicted molar refractivity (Wildman–Crippen MR) is 113 cm³/mol. The zero-order valence-electron chi connectivity index (χ0n) is 16.7. The third-order valence-corrected chi connectivity index (χ3v) is 4.55. The van der Waals surface area contributed by atoms with Crippen LogP contribution in [0.4, 0.5) is 24.5 Å². The van der Waals surface area contributed by atoms with Crippen molar-refractivity contribution in [3.8, 4) is 5.69 Å². The van der Waals surface area contributed by atoms with E-state index in [1.165, 1.54) is 35.3 Å². The van der Waals surface area contributed by atoms with Gasteiger partial charge in [-0.15, -0.1) is 5.10 Å². The molecule has 0 radical (unpaired) electrons. The van der Waals surface area contributed by atoms with E-state index in [-0.39, 0.29) is 11.3 Å². The van der Waals surface area contributed by atoms with Gasteiger partial charge < -0.3 is 10.6 Å². The molecule has 4 aromatic rings. The third-order valence-electron chi connectivity index (χ3n) is 4.55. The van der Waals surface area contributed by atoms with Gasteiger partial charge in [-0.25, -0.2) is 4.68 Å². The number of carbonyl (C=O) groups is 2. The summed E-state index contributed by atoms with van der Waals surface area (Å²) >= 11 is 0. The van der Waals surface area contributed by atoms with Gasteiger partial charge in [-0.3, -0.25) is 9.59 Å². The van der Waals surface area contributed by atoms with Crippen LogP contribution in [0.3, 0.4) is 0 Å². The van der Waals surface area contributed by atoms with Crippen LogP contribution in [-0.4, -0.2) is 32.0 Å². The van der Waals surface area contributed by atoms with Crippen molar-refractivity contribution in [1.82, 2.24) is 20.2 Å². The standard InChI is InChI=1S/C22H15F3N6O2/c23-22(24,25)16-6-3-8-18(12-16)28-20(32)14-4-1-7-17(10-14)27-21(33)15-5-2-9-19(11-15)31-13-26-29-30-31/h1-13H,(H,27,33)(H,28,32). The molecule has 0 aliphatic heterocycles. The normalized spacial score (nSPS) is 11.1. The fraction of sp³-hybridized carbons (Fsp3) is 0.0455. The zero-order valence-corrected chi connectivity index (χ0v) is 16.7. The van der Waals surface area contributed by atoms with Crippen LogP contribution in [0.5, 0.6) is 0 Å². The first-order valence-electron chi connectivity index (χ1n) is 9.53. The predicted octanol–water partition coefficient (Wildman–Crippen LogP) is 4.19. The van der Waals surface area contributed by atoms with Gasteiger partial charge in [0, 0.05) is 22.5 Å². The summed E-state index contributed by atoms with van der Waals surface area (Å²) < 4.78 is 40.0. The number of anilines is 2. The zero-order chi connectivity index (χ0) is 23.4. The van der Waals surface area contributed by atoms with Crippen LogP contribution in [0.2, 0.25) is 0 Å². The summed E-state index contributed by atoms with van der Waals surface area (Å²) in [6.07, 6.45) is -3.13. The first kappa shape index (κ1) is 21.7. The molecule has 11 heteroatoms. The molecule has 3 aromatic carbocycles. The number of hydrogen-bond donors (Lipinski definition) is 2. The second-order valence-corrected chi connectivity index (χ2v) is 6.87. The Morgan fingerprint density at radius 2 is 1.39 bits per heavy atom. The molecular weight excluding hydrogens is 437 g/mol. The molecule has 1 heterocycles. The Balaban J connectivity index is 1.48. The number of nitrogens with one attached hydrogen (secondary N) is 2. The van der Waals surface area contributed by atoms with Crippen LogP contribution in [0, 0.1) is 0 Å². The summed E-state index contributed by atoms with van der Waals surface area (Å²) in [6, 6.07) is 17.0. The molecule has 33 heavy (non-hydrogen) atoms. The van der Waals surface area contributed by atoms with E-state index in [2.05, 4.69) is 26.2 Å². The first-order valence-corrected chi connectivity index (χ1v) is 9.53. The number of carbonyl (C=O) groups excluding carboxylic acids is 2. The van der Waals surface area contributed by atoms with Crippen LogP contribution >= 0.6 is 0 Å². The number of tetrazole rings is 1. The summed E-state index contributed by atoms with van der Waals surface area (Å²) in [5.41, 5.74) is 0.551. The maximum atomic E-state index is 12.9. The highest BCUT2D eigenvalue weighted by molar-refractivity contribution is 6.07. The number of nitrogens with zero attached hydrogens (tertiary/aromatic N) is 4. The molecule has 166 valence electrons. The molecule has 0 atom stereocenters. The minimum Gasteiger partial charge on any atom is -0.322 e. The van der Waals surface area contributed by atoms with Gasteiger partial charge in [0.25, 0.3) is 11.8 Å². The lowest BCUT2D eigenvalue weighted by molar-refractivity contribution is -0.137. The van der Waals surface area contributed by atoms with Crippen molar-refractivity contribution in [3.63, 3.8) is 0 Å². The van der Waals surface area contributed by atoms with E-state index in [9.17, 15) is 22.8 Å². The summed E-state index contributed by atoms with van der Waals surface area (Å²) in [4.78, 5) is 25.2. The Labute approximate surface area is 185 Å². The lowest BCUT2D eigenvalue weighted by Gasteiger charge is -2.11. The number of amides is 2. The molecule has 0 unspecified atom stereocenters. The van der Waals surface area contributed by atoms with Crippen LogP contribution in [0.15, 0.2) is 79.1 Å². The van der Waals surface area contributed by atoms with Crippen LogP contribution < -0.4 is 10.6 Å². The Bertz CT molecular complexity index is 1310. The maximum Gasteiger partial charge on any atom is 0.416 e. The van der Waals surface area contributed by atoms with Crippen molar-refractivity contribution >= 4 is 23.2 Å². The van der Waals surface area contributed by atoms with Gasteiger partial charge in [0.2, 0.25) is 0 Å². The van der Waals surface area contributed by atoms with Crippen molar-refractivity contribution in [3.05, 3.63) is 95.8 Å². The summed E-state index contributed by atoms with van der Waals surface area (Å²) in [5.74, 6) is -1.05. The van der Waals surface area contributed by atoms with Crippen LogP contribution in [-0.2, 0) is 6.18 Å². The Morgan fingerprint density at radius 3 is 2.03 bits per heavy atom. The smallest absolute Gasteiger partial charge is 0.322 e. The molecule has 0 bridgehead atoms. The van der Waals surface area contributed by atoms with Crippen molar-refractivity contribution in [2.75, 3.05) is 10.6 Å². The highest BCUT2D eigenvalue weighted by Crippen LogP contribution is 2.30. The fourth-order valence-electron chi connectivity index (χ4n) is 2.99. The van der Waals surface area contributed by atoms with Crippen LogP contribution in [0.1, 0.15) is 26.3 Å². The molecule has 0 saturated heterocycles. The molecule has 2 amide bonds. The van der Waals surface area contributed by atoms with Crippen molar-refractivity contribution in [2.24, 2.45) is 0 Å². The van der Waals surface area contributed by atoms with E-state index in [1.54, 1.807) is 36.4 Å². The minimum absolute atomic E-state index is 0.00341. The first-order chi connectivity index (χ1) is 15.8. The summed E-state index contributed by atoms with van der Waals surface area (Å²) in [7, 11) is 0. The van der Waals surface area contributed by atoms with Gasteiger partial charge in [0.05, 0.1) is 11.3 Å². The monoisotopic (exact) mass is 452 g/mol. The van der Waals surface area contributed by atoms with Crippen molar-refractivity contribution < 1.29 is 22.8 Å². The highest BCUT2D eigenvalue weighted by atomic mass is 19.4. The number of benzene rings is 3. The average molecular weight is 452 g/mol. The molecule has 0 aliphatic carbocycles. The molecule has 8 nitrogen and oxygen atoms in total. The van der Waals surface area contributed by atoms with E-state index in [0.29, 0.717) is 16.9 Å². The van der Waals surface area contributed by atoms with Crippen molar-refractivity contribution in [1.29, 1.82) is 0 Å². The molecule has 2 N–H and O–H groups in total. The summed E-state index contributed by atoms with van der Waals surface area (Å²) in [6.45, 7) is 0. The summed E-state index contributed by atoms with van der Waals surface area (Å²) in [5, 5.41) is 16.0. The molecule has 1 aromatic heterocycles. The SMILES string of the molecule is O=C(Nc1cccc(C(F)(F)F)c1)c1cccc(NC(=O)c2cccc(-n3cnnn3)c2)c1. The molecule has 0 spiro atoms. The Morgan fingerprint density at radius 1 is 0.788 bits per heavy atom. The number of halogens is 3. The Hall–Kier alpha value is -4.54. The molecular formula is C22H15F3N6O2. The quantitative estimate of drug-likeness (QED) is 0.473. The second kappa shape index (κ2) is 8.91. The highest BCUT2D eigenvalue weighted by Gasteiger charge is 2.30. The largest absolute Gasteiger partial charge is 0.416 e. The number of rotatable bonds is 5. The van der Waals surface area contributed by atoms with E-state index in [4.69, 9.17) is 0 Å². The maximum absolute atomic E-state index is 12.9. The molecule has 0 aliphatic rings. The van der Waals surface area contributed by atoms with Crippen LogP contribution in [0.25, 0.3) is 5.69 Å². The number of hydrogen-bond acceptors (Lipinski definition) is 5. The molecule has 0 fully saturated rings. The van der Waals surface area contributed by atoms with E-state index < -0.39 is 23.6 Å². The topological polar surface area (TPSA) is 102 Å². The second-order valence-electron chi connectivity index (χ2n) is 6.87. The molecule has 0 saturated carbocycles. The van der Waals surface area contributed by atoms with E-state index >= 15 is 0 Å². The lowest BCUT2D eigenvalue weighted by Crippen LogP contribution is -2.15. The Kier molecular flexibility index (Phi) is 5.85. The van der Waals surface area contributed by atoms with Gasteiger partial charge in [0.1, 0.15) is 6.33 Å². The lowest BCUT2D eigenvalue weighted by atomic mass is 10.1. The minimum atomic E-state index is -4.52. The van der Waals surface area contributed by atoms with Crippen molar-refractivity contribution in [2.45, 2.75) is 6.18 Å². The van der Waals surface area contributed by atoms with E-state index in [0.717, 1.165) is 12.1 Å². The number of aromatic nitrogens is 4. The third kappa shape index (κ3) is 5.21. The molecule has 4 rings (SSSR count). The van der Waals surface area contributed by atoms with Gasteiger partial charge in [-0.05, 0) is 65.0 Å². The van der Waals surface area contributed by atoms with Gasteiger partial charge in [0.15, 0.2) is 0 Å². The fourth-order valence-corrected chi connectivity index (χ4v) is 2.99. The number of alkyl halides is 3.